The molecule has 2 heteroatoms. The minimum Gasteiger partial charge on any atom is -0.310 e. The minimum atomic E-state index is 0.800. The molecule has 2 atom stereocenters. The van der Waals surface area contributed by atoms with Crippen molar-refractivity contribution in [2.45, 2.75) is 82.8 Å². The van der Waals surface area contributed by atoms with Gasteiger partial charge < -0.3 is 5.32 Å². The molecular formula is C16H30N2. The molecule has 3 aliphatic rings. The minimum absolute atomic E-state index is 0.800. The fraction of sp³-hybridized carbons (Fsp3) is 1.00. The zero-order valence-electron chi connectivity index (χ0n) is 12.0. The maximum atomic E-state index is 3.89. The number of piperidine rings is 1. The SMILES string of the molecule is CCCCC1CC(NC2CC2)CN(C2CCC2)C1. The molecule has 2 nitrogen and oxygen atoms in total. The zero-order chi connectivity index (χ0) is 12.4. The number of nitrogens with zero attached hydrogens (tertiary/aromatic N) is 1. The van der Waals surface area contributed by atoms with Crippen molar-refractivity contribution in [2.75, 3.05) is 13.1 Å². The third-order valence-electron chi connectivity index (χ3n) is 5.17. The van der Waals surface area contributed by atoms with Gasteiger partial charge in [0, 0.05) is 31.2 Å². The first-order valence-corrected chi connectivity index (χ1v) is 8.35. The quantitative estimate of drug-likeness (QED) is 0.779. The van der Waals surface area contributed by atoms with Gasteiger partial charge in [0.05, 0.1) is 0 Å². The van der Waals surface area contributed by atoms with Crippen LogP contribution in [-0.2, 0) is 0 Å². The molecule has 3 fully saturated rings. The van der Waals surface area contributed by atoms with Crippen LogP contribution in [0.15, 0.2) is 0 Å². The number of hydrogen-bond acceptors (Lipinski definition) is 2. The van der Waals surface area contributed by atoms with Crippen LogP contribution in [0.4, 0.5) is 0 Å². The highest BCUT2D eigenvalue weighted by Crippen LogP contribution is 2.32. The van der Waals surface area contributed by atoms with Crippen molar-refractivity contribution in [3.63, 3.8) is 0 Å². The first-order chi connectivity index (χ1) is 8.85. The van der Waals surface area contributed by atoms with Crippen LogP contribution in [0.25, 0.3) is 0 Å². The summed E-state index contributed by atoms with van der Waals surface area (Å²) >= 11 is 0. The highest BCUT2D eigenvalue weighted by Gasteiger charge is 2.35. The van der Waals surface area contributed by atoms with Crippen LogP contribution < -0.4 is 5.32 Å². The van der Waals surface area contributed by atoms with Crippen molar-refractivity contribution in [1.82, 2.24) is 10.2 Å². The molecule has 0 aromatic rings. The second-order valence-electron chi connectivity index (χ2n) is 6.92. The van der Waals surface area contributed by atoms with Crippen LogP contribution in [0.5, 0.6) is 0 Å². The van der Waals surface area contributed by atoms with Gasteiger partial charge in [-0.3, -0.25) is 4.90 Å². The molecule has 104 valence electrons. The summed E-state index contributed by atoms with van der Waals surface area (Å²) in [4.78, 5) is 2.83. The normalized spacial score (nSPS) is 34.5. The molecular weight excluding hydrogens is 220 g/mol. The van der Waals surface area contributed by atoms with Gasteiger partial charge in [0.1, 0.15) is 0 Å². The monoisotopic (exact) mass is 250 g/mol. The maximum Gasteiger partial charge on any atom is 0.0200 e. The van der Waals surface area contributed by atoms with E-state index in [1.165, 1.54) is 70.9 Å². The van der Waals surface area contributed by atoms with Gasteiger partial charge in [0.2, 0.25) is 0 Å². The lowest BCUT2D eigenvalue weighted by Gasteiger charge is -2.45. The van der Waals surface area contributed by atoms with E-state index in [1.54, 1.807) is 0 Å². The lowest BCUT2D eigenvalue weighted by atomic mass is 9.84. The molecule has 1 heterocycles. The standard InChI is InChI=1S/C16H30N2/c1-2-3-5-13-10-15(17-14-8-9-14)12-18(11-13)16-6-4-7-16/h13-17H,2-12H2,1H3. The first-order valence-electron chi connectivity index (χ1n) is 8.35. The van der Waals surface area contributed by atoms with E-state index in [2.05, 4.69) is 17.1 Å². The number of likely N-dealkylation sites (tertiary alicyclic amines) is 1. The van der Waals surface area contributed by atoms with E-state index in [1.807, 2.05) is 0 Å². The molecule has 2 aliphatic carbocycles. The molecule has 3 rings (SSSR count). The Balaban J connectivity index is 1.53. The van der Waals surface area contributed by atoms with Crippen molar-refractivity contribution in [1.29, 1.82) is 0 Å². The van der Waals surface area contributed by atoms with Gasteiger partial charge in [0.15, 0.2) is 0 Å². The Morgan fingerprint density at radius 1 is 1.06 bits per heavy atom. The summed E-state index contributed by atoms with van der Waals surface area (Å²) in [6, 6.07) is 2.62. The number of hydrogen-bond donors (Lipinski definition) is 1. The lowest BCUT2D eigenvalue weighted by molar-refractivity contribution is 0.0552. The number of rotatable bonds is 6. The summed E-state index contributed by atoms with van der Waals surface area (Å²) < 4.78 is 0. The van der Waals surface area contributed by atoms with Crippen molar-refractivity contribution < 1.29 is 0 Å². The molecule has 0 aromatic heterocycles. The molecule has 1 aliphatic heterocycles. The summed E-state index contributed by atoms with van der Waals surface area (Å²) in [6.07, 6.45) is 13.0. The second kappa shape index (κ2) is 5.92. The topological polar surface area (TPSA) is 15.3 Å². The van der Waals surface area contributed by atoms with E-state index in [9.17, 15) is 0 Å². The summed E-state index contributed by atoms with van der Waals surface area (Å²) in [5.41, 5.74) is 0. The molecule has 0 bridgehead atoms. The smallest absolute Gasteiger partial charge is 0.0200 e. The molecule has 0 spiro atoms. The molecule has 0 aromatic carbocycles. The Kier molecular flexibility index (Phi) is 4.25. The Bertz CT molecular complexity index is 258. The Labute approximate surface area is 113 Å². The molecule has 0 amide bonds. The largest absolute Gasteiger partial charge is 0.310 e. The van der Waals surface area contributed by atoms with Gasteiger partial charge in [0.25, 0.3) is 0 Å². The predicted octanol–water partition coefficient (Wildman–Crippen LogP) is 3.17. The van der Waals surface area contributed by atoms with Gasteiger partial charge >= 0.3 is 0 Å². The number of nitrogens with one attached hydrogen (secondary N) is 1. The van der Waals surface area contributed by atoms with Gasteiger partial charge in [-0.25, -0.2) is 0 Å². The van der Waals surface area contributed by atoms with Gasteiger partial charge in [-0.2, -0.15) is 0 Å². The van der Waals surface area contributed by atoms with E-state index in [0.717, 1.165) is 24.0 Å². The van der Waals surface area contributed by atoms with Crippen LogP contribution in [0.3, 0.4) is 0 Å². The molecule has 2 unspecified atom stereocenters. The third kappa shape index (κ3) is 3.27. The highest BCUT2D eigenvalue weighted by molar-refractivity contribution is 4.93. The molecule has 18 heavy (non-hydrogen) atoms. The van der Waals surface area contributed by atoms with E-state index in [4.69, 9.17) is 0 Å². The summed E-state index contributed by atoms with van der Waals surface area (Å²) in [6.45, 7) is 5.06. The Morgan fingerprint density at radius 2 is 1.89 bits per heavy atom. The predicted molar refractivity (Wildman–Crippen MR) is 76.8 cm³/mol. The second-order valence-corrected chi connectivity index (χ2v) is 6.92. The lowest BCUT2D eigenvalue weighted by Crippen LogP contribution is -2.54. The molecule has 1 saturated heterocycles. The fourth-order valence-electron chi connectivity index (χ4n) is 3.70. The first kappa shape index (κ1) is 12.9. The fourth-order valence-corrected chi connectivity index (χ4v) is 3.70. The van der Waals surface area contributed by atoms with E-state index in [-0.39, 0.29) is 0 Å². The van der Waals surface area contributed by atoms with Crippen LogP contribution in [0.2, 0.25) is 0 Å². The van der Waals surface area contributed by atoms with Crippen LogP contribution in [0.1, 0.15) is 64.7 Å². The van der Waals surface area contributed by atoms with Crippen LogP contribution in [0, 0.1) is 5.92 Å². The molecule has 1 N–H and O–H groups in total. The maximum absolute atomic E-state index is 3.89. The van der Waals surface area contributed by atoms with Gasteiger partial charge in [-0.15, -0.1) is 0 Å². The van der Waals surface area contributed by atoms with E-state index >= 15 is 0 Å². The van der Waals surface area contributed by atoms with Gasteiger partial charge in [-0.05, 0) is 44.4 Å². The number of unbranched alkanes of at least 4 members (excludes halogenated alkanes) is 1. The average molecular weight is 250 g/mol. The van der Waals surface area contributed by atoms with Crippen LogP contribution >= 0.6 is 0 Å². The van der Waals surface area contributed by atoms with Crippen molar-refractivity contribution in [3.05, 3.63) is 0 Å². The molecule has 0 radical (unpaired) electrons. The zero-order valence-corrected chi connectivity index (χ0v) is 12.0. The summed E-state index contributed by atoms with van der Waals surface area (Å²) in [5, 5.41) is 3.89. The van der Waals surface area contributed by atoms with Crippen molar-refractivity contribution >= 4 is 0 Å². The van der Waals surface area contributed by atoms with E-state index in [0.29, 0.717) is 0 Å². The van der Waals surface area contributed by atoms with Gasteiger partial charge in [-0.1, -0.05) is 26.2 Å². The van der Waals surface area contributed by atoms with Crippen molar-refractivity contribution in [2.24, 2.45) is 5.92 Å². The Morgan fingerprint density at radius 3 is 2.50 bits per heavy atom. The van der Waals surface area contributed by atoms with E-state index < -0.39 is 0 Å². The highest BCUT2D eigenvalue weighted by atomic mass is 15.2. The average Bonchev–Trinajstić information content (AvgIpc) is 3.07. The Hall–Kier alpha value is -0.0800. The molecule has 2 saturated carbocycles. The summed E-state index contributed by atoms with van der Waals surface area (Å²) in [5.74, 6) is 0.968. The van der Waals surface area contributed by atoms with Crippen molar-refractivity contribution in [3.8, 4) is 0 Å². The van der Waals surface area contributed by atoms with Crippen LogP contribution in [-0.4, -0.2) is 36.1 Å². The third-order valence-corrected chi connectivity index (χ3v) is 5.17. The summed E-state index contributed by atoms with van der Waals surface area (Å²) in [7, 11) is 0.